The highest BCUT2D eigenvalue weighted by Gasteiger charge is 2.22. The van der Waals surface area contributed by atoms with Crippen molar-refractivity contribution in [2.45, 2.75) is 57.9 Å². The van der Waals surface area contributed by atoms with Gasteiger partial charge in [0, 0.05) is 60.0 Å². The topological polar surface area (TPSA) is 78.8 Å². The average molecular weight is 534 g/mol. The van der Waals surface area contributed by atoms with E-state index in [4.69, 9.17) is 33.0 Å². The lowest BCUT2D eigenvalue weighted by Gasteiger charge is -2.28. The summed E-state index contributed by atoms with van der Waals surface area (Å²) in [6, 6.07) is 6.45. The van der Waals surface area contributed by atoms with E-state index in [2.05, 4.69) is 33.6 Å². The number of anilines is 2. The molecule has 2 aromatic rings. The second kappa shape index (κ2) is 13.6. The first-order chi connectivity index (χ1) is 17.6. The Labute approximate surface area is 224 Å². The number of ether oxygens (including phenoxy) is 1. The number of halogens is 2. The maximum Gasteiger partial charge on any atom is 0.126 e. The van der Waals surface area contributed by atoms with Gasteiger partial charge in [-0.3, -0.25) is 4.99 Å². The number of aliphatic hydroxyl groups excluding tert-OH is 1. The molecule has 6 nitrogen and oxygen atoms in total. The van der Waals surface area contributed by atoms with E-state index in [0.717, 1.165) is 87.3 Å². The van der Waals surface area contributed by atoms with Crippen molar-refractivity contribution in [2.24, 2.45) is 16.8 Å². The maximum atomic E-state index is 8.92. The monoisotopic (exact) mass is 532 g/mol. The van der Waals surface area contributed by atoms with Crippen LogP contribution in [0.5, 0.6) is 0 Å². The Morgan fingerprint density at radius 1 is 1.11 bits per heavy atom. The zero-order valence-corrected chi connectivity index (χ0v) is 22.6. The van der Waals surface area contributed by atoms with Crippen LogP contribution < -0.4 is 10.6 Å². The molecule has 0 radical (unpaired) electrons. The van der Waals surface area contributed by atoms with Gasteiger partial charge in [-0.05, 0) is 80.5 Å². The molecule has 1 saturated heterocycles. The number of aromatic nitrogens is 1. The Hall–Kier alpha value is -1.86. The summed E-state index contributed by atoms with van der Waals surface area (Å²) in [4.78, 5) is 8.88. The molecule has 8 heteroatoms. The number of pyridine rings is 1. The van der Waals surface area contributed by atoms with Crippen molar-refractivity contribution < 1.29 is 9.84 Å². The first-order valence-corrected chi connectivity index (χ1v) is 14.0. The first-order valence-electron chi connectivity index (χ1n) is 13.2. The van der Waals surface area contributed by atoms with E-state index in [1.807, 2.05) is 18.3 Å². The van der Waals surface area contributed by atoms with Gasteiger partial charge in [0.1, 0.15) is 5.82 Å². The summed E-state index contributed by atoms with van der Waals surface area (Å²) in [5, 5.41) is 17.5. The van der Waals surface area contributed by atoms with Crippen LogP contribution in [0.1, 0.15) is 51.0 Å². The Morgan fingerprint density at radius 3 is 2.61 bits per heavy atom. The first kappa shape index (κ1) is 27.2. The third kappa shape index (κ3) is 7.12. The molecule has 0 atom stereocenters. The fourth-order valence-corrected chi connectivity index (χ4v) is 5.74. The van der Waals surface area contributed by atoms with Crippen molar-refractivity contribution in [1.29, 1.82) is 0 Å². The number of nitrogens with zero attached hydrogens (tertiary/aromatic N) is 2. The van der Waals surface area contributed by atoms with Crippen LogP contribution in [0.3, 0.4) is 0 Å². The number of aliphatic imine (C=N–C) groups is 1. The van der Waals surface area contributed by atoms with Crippen LogP contribution in [0, 0.1) is 11.8 Å². The number of hydrogen-bond donors (Lipinski definition) is 3. The van der Waals surface area contributed by atoms with Crippen LogP contribution in [0.4, 0.5) is 11.5 Å². The van der Waals surface area contributed by atoms with Crippen LogP contribution in [0.15, 0.2) is 29.4 Å². The van der Waals surface area contributed by atoms with Gasteiger partial charge in [-0.1, -0.05) is 30.1 Å². The molecule has 1 aliphatic carbocycles. The summed E-state index contributed by atoms with van der Waals surface area (Å²) in [6.45, 7) is 5.38. The van der Waals surface area contributed by atoms with Crippen molar-refractivity contribution >= 4 is 40.9 Å². The van der Waals surface area contributed by atoms with Crippen molar-refractivity contribution in [2.75, 3.05) is 43.5 Å². The molecule has 196 valence electrons. The normalized spacial score (nSPS) is 21.1. The molecule has 2 aliphatic rings. The molecular weight excluding hydrogens is 495 g/mol. The van der Waals surface area contributed by atoms with Crippen molar-refractivity contribution in [1.82, 2.24) is 4.98 Å². The zero-order chi connectivity index (χ0) is 25.3. The van der Waals surface area contributed by atoms with E-state index >= 15 is 0 Å². The average Bonchev–Trinajstić information content (AvgIpc) is 2.90. The van der Waals surface area contributed by atoms with Crippen LogP contribution in [0.2, 0.25) is 10.0 Å². The van der Waals surface area contributed by atoms with Gasteiger partial charge >= 0.3 is 0 Å². The quantitative estimate of drug-likeness (QED) is 0.304. The number of benzene rings is 1. The maximum absolute atomic E-state index is 8.92. The molecule has 3 N–H and O–H groups in total. The Bertz CT molecular complexity index is 1020. The largest absolute Gasteiger partial charge is 0.394 e. The standard InChI is InChI=1S/C28H38Cl2N4O2/c1-2-22-26(32-17-20-9-13-36-14-10-20)8-7-24(29)28(22)23-15-27(33-18-25(23)30)34-21-5-3-19(4-6-21)16-31-11-12-35/h7-8,15-16,18-21,32,35H,2-6,9-14,17H2,1H3,(H,33,34). The van der Waals surface area contributed by atoms with Gasteiger partial charge in [0.15, 0.2) is 0 Å². The van der Waals surface area contributed by atoms with Gasteiger partial charge in [-0.25, -0.2) is 4.98 Å². The molecule has 0 bridgehead atoms. The molecule has 1 aliphatic heterocycles. The third-order valence-corrected chi connectivity index (χ3v) is 7.95. The summed E-state index contributed by atoms with van der Waals surface area (Å²) in [5.41, 5.74) is 4.19. The predicted octanol–water partition coefficient (Wildman–Crippen LogP) is 6.49. The lowest BCUT2D eigenvalue weighted by molar-refractivity contribution is 0.0699. The highest BCUT2D eigenvalue weighted by Crippen LogP contribution is 2.40. The lowest BCUT2D eigenvalue weighted by Crippen LogP contribution is -2.27. The summed E-state index contributed by atoms with van der Waals surface area (Å²) >= 11 is 13.5. The molecule has 4 rings (SSSR count). The Morgan fingerprint density at radius 2 is 1.89 bits per heavy atom. The van der Waals surface area contributed by atoms with E-state index in [9.17, 15) is 0 Å². The number of hydrogen-bond acceptors (Lipinski definition) is 6. The van der Waals surface area contributed by atoms with E-state index < -0.39 is 0 Å². The van der Waals surface area contributed by atoms with Crippen LogP contribution in [0.25, 0.3) is 11.1 Å². The van der Waals surface area contributed by atoms with Gasteiger partial charge < -0.3 is 20.5 Å². The number of rotatable bonds is 10. The summed E-state index contributed by atoms with van der Waals surface area (Å²) in [5.74, 6) is 1.94. The summed E-state index contributed by atoms with van der Waals surface area (Å²) in [6.07, 6.45) is 11.1. The molecule has 0 amide bonds. The minimum absolute atomic E-state index is 0.108. The smallest absolute Gasteiger partial charge is 0.126 e. The molecule has 1 aromatic heterocycles. The molecule has 2 fully saturated rings. The van der Waals surface area contributed by atoms with E-state index in [-0.39, 0.29) is 6.61 Å². The van der Waals surface area contributed by atoms with E-state index in [0.29, 0.717) is 34.5 Å². The summed E-state index contributed by atoms with van der Waals surface area (Å²) < 4.78 is 5.51. The second-order valence-corrected chi connectivity index (χ2v) is 10.6. The van der Waals surface area contributed by atoms with E-state index in [1.54, 1.807) is 6.20 Å². The van der Waals surface area contributed by atoms with Gasteiger partial charge in [0.25, 0.3) is 0 Å². The molecule has 36 heavy (non-hydrogen) atoms. The van der Waals surface area contributed by atoms with Crippen molar-refractivity contribution in [3.05, 3.63) is 40.0 Å². The van der Waals surface area contributed by atoms with Crippen molar-refractivity contribution in [3.63, 3.8) is 0 Å². The molecular formula is C28H38Cl2N4O2. The van der Waals surface area contributed by atoms with Crippen LogP contribution >= 0.6 is 23.2 Å². The molecule has 2 heterocycles. The second-order valence-electron chi connectivity index (χ2n) is 9.82. The molecule has 1 saturated carbocycles. The van der Waals surface area contributed by atoms with Crippen LogP contribution in [-0.4, -0.2) is 55.3 Å². The third-order valence-electron chi connectivity index (χ3n) is 7.33. The fraction of sp³-hybridized carbons (Fsp3) is 0.571. The molecule has 1 aromatic carbocycles. The summed E-state index contributed by atoms with van der Waals surface area (Å²) in [7, 11) is 0. The molecule has 0 spiro atoms. The number of aliphatic hydroxyl groups is 1. The SMILES string of the molecule is CCc1c(NCC2CCOCC2)ccc(Cl)c1-c1cc(NC2CCC(C=NCCO)CC2)ncc1Cl. The van der Waals surface area contributed by atoms with Gasteiger partial charge in [0.2, 0.25) is 0 Å². The highest BCUT2D eigenvalue weighted by molar-refractivity contribution is 6.36. The number of nitrogens with one attached hydrogen (secondary N) is 2. The van der Waals surface area contributed by atoms with Gasteiger partial charge in [-0.15, -0.1) is 0 Å². The Kier molecular flexibility index (Phi) is 10.3. The minimum Gasteiger partial charge on any atom is -0.394 e. The van der Waals surface area contributed by atoms with Gasteiger partial charge in [-0.2, -0.15) is 0 Å². The lowest BCUT2D eigenvalue weighted by atomic mass is 9.86. The fourth-order valence-electron chi connectivity index (χ4n) is 5.26. The zero-order valence-electron chi connectivity index (χ0n) is 21.1. The minimum atomic E-state index is 0.108. The highest BCUT2D eigenvalue weighted by atomic mass is 35.5. The van der Waals surface area contributed by atoms with Crippen molar-refractivity contribution in [3.8, 4) is 11.1 Å². The predicted molar refractivity (Wildman–Crippen MR) is 151 cm³/mol. The van der Waals surface area contributed by atoms with Gasteiger partial charge in [0.05, 0.1) is 18.2 Å². The van der Waals surface area contributed by atoms with E-state index in [1.165, 1.54) is 5.56 Å². The molecule has 0 unspecified atom stereocenters. The Balaban J connectivity index is 1.49. The van der Waals surface area contributed by atoms with Crippen LogP contribution in [-0.2, 0) is 11.2 Å².